The SMILES string of the molecule is O=C(O)NCC(=CF)COc1cnc(-c2ccsc2)nc1. The van der Waals surface area contributed by atoms with Crippen LogP contribution >= 0.6 is 11.3 Å². The zero-order valence-corrected chi connectivity index (χ0v) is 11.6. The Bertz CT molecular complexity index is 614. The molecular weight excluding hydrogens is 297 g/mol. The van der Waals surface area contributed by atoms with E-state index < -0.39 is 6.09 Å². The minimum atomic E-state index is -1.22. The molecule has 1 amide bonds. The van der Waals surface area contributed by atoms with Crippen LogP contribution in [0.2, 0.25) is 0 Å². The number of aromatic nitrogens is 2. The van der Waals surface area contributed by atoms with Crippen LogP contribution in [0.3, 0.4) is 0 Å². The number of rotatable bonds is 6. The first-order chi connectivity index (χ1) is 10.2. The third kappa shape index (κ3) is 4.53. The average molecular weight is 309 g/mol. The molecule has 0 unspecified atom stereocenters. The highest BCUT2D eigenvalue weighted by Crippen LogP contribution is 2.19. The van der Waals surface area contributed by atoms with E-state index in [2.05, 4.69) is 15.3 Å². The lowest BCUT2D eigenvalue weighted by molar-refractivity contribution is 0.195. The molecule has 110 valence electrons. The van der Waals surface area contributed by atoms with Crippen molar-refractivity contribution < 1.29 is 19.0 Å². The van der Waals surface area contributed by atoms with E-state index in [1.807, 2.05) is 16.8 Å². The summed E-state index contributed by atoms with van der Waals surface area (Å²) in [4.78, 5) is 18.6. The molecule has 2 aromatic rings. The summed E-state index contributed by atoms with van der Waals surface area (Å²) in [6, 6.07) is 1.90. The van der Waals surface area contributed by atoms with Crippen LogP contribution in [0, 0.1) is 0 Å². The van der Waals surface area contributed by atoms with Gasteiger partial charge in [-0.25, -0.2) is 19.2 Å². The van der Waals surface area contributed by atoms with Gasteiger partial charge in [-0.3, -0.25) is 0 Å². The Hall–Kier alpha value is -2.48. The Morgan fingerprint density at radius 1 is 1.48 bits per heavy atom. The predicted molar refractivity (Wildman–Crippen MR) is 76.1 cm³/mol. The van der Waals surface area contributed by atoms with E-state index in [1.165, 1.54) is 12.4 Å². The highest BCUT2D eigenvalue weighted by molar-refractivity contribution is 7.08. The molecule has 0 aliphatic heterocycles. The molecule has 0 bridgehead atoms. The summed E-state index contributed by atoms with van der Waals surface area (Å²) in [5.41, 5.74) is 1.08. The molecule has 0 aliphatic carbocycles. The zero-order valence-electron chi connectivity index (χ0n) is 10.8. The first-order valence-electron chi connectivity index (χ1n) is 5.91. The normalized spacial score (nSPS) is 11.2. The molecule has 6 nitrogen and oxygen atoms in total. The van der Waals surface area contributed by atoms with Crippen molar-refractivity contribution in [3.63, 3.8) is 0 Å². The van der Waals surface area contributed by atoms with E-state index >= 15 is 0 Å². The molecule has 2 heterocycles. The van der Waals surface area contributed by atoms with E-state index in [1.54, 1.807) is 11.3 Å². The van der Waals surface area contributed by atoms with Gasteiger partial charge in [0, 0.05) is 23.1 Å². The lowest BCUT2D eigenvalue weighted by atomic mass is 10.3. The number of thiophene rings is 1. The minimum absolute atomic E-state index is 0.0854. The van der Waals surface area contributed by atoms with Gasteiger partial charge in [0.05, 0.1) is 18.7 Å². The molecule has 0 fully saturated rings. The van der Waals surface area contributed by atoms with Crippen LogP contribution in [-0.2, 0) is 0 Å². The van der Waals surface area contributed by atoms with E-state index in [9.17, 15) is 9.18 Å². The average Bonchev–Trinajstić information content (AvgIpc) is 3.02. The van der Waals surface area contributed by atoms with Crippen molar-refractivity contribution in [1.29, 1.82) is 0 Å². The number of nitrogens with one attached hydrogen (secondary N) is 1. The Labute approximate surface area is 123 Å². The summed E-state index contributed by atoms with van der Waals surface area (Å²) < 4.78 is 17.9. The van der Waals surface area contributed by atoms with Gasteiger partial charge in [-0.2, -0.15) is 11.3 Å². The zero-order chi connectivity index (χ0) is 15.1. The van der Waals surface area contributed by atoms with Crippen LogP contribution in [0.1, 0.15) is 0 Å². The topological polar surface area (TPSA) is 84.3 Å². The molecular formula is C13H12FN3O3S. The molecule has 2 N–H and O–H groups in total. The fourth-order valence-electron chi connectivity index (χ4n) is 1.42. The van der Waals surface area contributed by atoms with Crippen molar-refractivity contribution in [2.45, 2.75) is 0 Å². The van der Waals surface area contributed by atoms with Gasteiger partial charge in [-0.15, -0.1) is 0 Å². The van der Waals surface area contributed by atoms with Gasteiger partial charge in [-0.05, 0) is 11.4 Å². The van der Waals surface area contributed by atoms with E-state index in [0.29, 0.717) is 17.9 Å². The molecule has 0 saturated carbocycles. The fourth-order valence-corrected chi connectivity index (χ4v) is 2.05. The Morgan fingerprint density at radius 2 is 2.24 bits per heavy atom. The van der Waals surface area contributed by atoms with Crippen molar-refractivity contribution in [2.75, 3.05) is 13.2 Å². The number of hydrogen-bond acceptors (Lipinski definition) is 5. The third-order valence-corrected chi connectivity index (χ3v) is 3.14. The van der Waals surface area contributed by atoms with Gasteiger partial charge in [0.2, 0.25) is 0 Å². The van der Waals surface area contributed by atoms with Crippen LogP contribution in [0.5, 0.6) is 5.75 Å². The van der Waals surface area contributed by atoms with E-state index in [4.69, 9.17) is 9.84 Å². The molecule has 0 atom stereocenters. The monoisotopic (exact) mass is 309 g/mol. The van der Waals surface area contributed by atoms with Crippen LogP contribution in [0.25, 0.3) is 11.4 Å². The number of halogens is 1. The fraction of sp³-hybridized carbons (Fsp3) is 0.154. The predicted octanol–water partition coefficient (Wildman–Crippen LogP) is 2.70. The highest BCUT2D eigenvalue weighted by Gasteiger charge is 2.05. The van der Waals surface area contributed by atoms with Crippen LogP contribution in [-0.4, -0.2) is 34.3 Å². The number of amides is 1. The molecule has 0 radical (unpaired) electrons. The van der Waals surface area contributed by atoms with Crippen LogP contribution in [0.4, 0.5) is 9.18 Å². The summed E-state index contributed by atoms with van der Waals surface area (Å²) in [6.45, 7) is -0.225. The molecule has 8 heteroatoms. The second kappa shape index (κ2) is 7.34. The van der Waals surface area contributed by atoms with Crippen molar-refractivity contribution in [3.8, 4) is 17.1 Å². The van der Waals surface area contributed by atoms with Crippen molar-refractivity contribution in [3.05, 3.63) is 41.1 Å². The maximum Gasteiger partial charge on any atom is 0.404 e. The number of nitrogens with zero attached hydrogens (tertiary/aromatic N) is 2. The smallest absolute Gasteiger partial charge is 0.404 e. The first-order valence-corrected chi connectivity index (χ1v) is 6.85. The minimum Gasteiger partial charge on any atom is -0.486 e. The molecule has 0 saturated heterocycles. The largest absolute Gasteiger partial charge is 0.486 e. The Morgan fingerprint density at radius 3 is 2.81 bits per heavy atom. The summed E-state index contributed by atoms with van der Waals surface area (Å²) in [5.74, 6) is 0.959. The number of carbonyl (C=O) groups is 1. The molecule has 2 rings (SSSR count). The summed E-state index contributed by atoms with van der Waals surface area (Å²) >= 11 is 1.55. The standard InChI is InChI=1S/C13H12FN3O3S/c14-3-9(4-17-13(18)19)7-20-11-5-15-12(16-6-11)10-1-2-21-8-10/h1-3,5-6,8,17H,4,7H2,(H,18,19). The lowest BCUT2D eigenvalue weighted by Gasteiger charge is -2.08. The first kappa shape index (κ1) is 14.9. The summed E-state index contributed by atoms with van der Waals surface area (Å²) in [7, 11) is 0. The molecule has 2 aromatic heterocycles. The lowest BCUT2D eigenvalue weighted by Crippen LogP contribution is -2.25. The van der Waals surface area contributed by atoms with Gasteiger partial charge in [-0.1, -0.05) is 0 Å². The molecule has 0 aromatic carbocycles. The van der Waals surface area contributed by atoms with Crippen LogP contribution < -0.4 is 10.1 Å². The molecule has 0 aliphatic rings. The maximum atomic E-state index is 12.6. The van der Waals surface area contributed by atoms with Crippen molar-refractivity contribution in [1.82, 2.24) is 15.3 Å². The second-order valence-electron chi connectivity index (χ2n) is 3.97. The maximum absolute atomic E-state index is 12.6. The Kier molecular flexibility index (Phi) is 5.22. The van der Waals surface area contributed by atoms with Crippen molar-refractivity contribution >= 4 is 17.4 Å². The quantitative estimate of drug-likeness (QED) is 0.857. The number of carboxylic acid groups (broad SMARTS) is 1. The molecule has 21 heavy (non-hydrogen) atoms. The van der Waals surface area contributed by atoms with E-state index in [0.717, 1.165) is 5.56 Å². The summed E-state index contributed by atoms with van der Waals surface area (Å²) in [5, 5.41) is 14.4. The van der Waals surface area contributed by atoms with Gasteiger partial charge < -0.3 is 15.2 Å². The number of hydrogen-bond donors (Lipinski definition) is 2. The highest BCUT2D eigenvalue weighted by atomic mass is 32.1. The second-order valence-corrected chi connectivity index (χ2v) is 4.75. The van der Waals surface area contributed by atoms with Gasteiger partial charge in [0.15, 0.2) is 11.6 Å². The van der Waals surface area contributed by atoms with Gasteiger partial charge in [0.1, 0.15) is 6.61 Å². The van der Waals surface area contributed by atoms with Crippen molar-refractivity contribution in [2.24, 2.45) is 0 Å². The van der Waals surface area contributed by atoms with Crippen LogP contribution in [0.15, 0.2) is 41.1 Å². The number of ether oxygens (including phenoxy) is 1. The molecule has 0 spiro atoms. The van der Waals surface area contributed by atoms with Gasteiger partial charge in [0.25, 0.3) is 0 Å². The summed E-state index contributed by atoms with van der Waals surface area (Å²) in [6.07, 6.45) is 2.06. The van der Waals surface area contributed by atoms with Gasteiger partial charge >= 0.3 is 6.09 Å². The third-order valence-electron chi connectivity index (χ3n) is 2.45. The van der Waals surface area contributed by atoms with E-state index in [-0.39, 0.29) is 18.7 Å². The Balaban J connectivity index is 1.90.